The number of hydrogen-bond acceptors (Lipinski definition) is 6. The summed E-state index contributed by atoms with van der Waals surface area (Å²) in [6, 6.07) is 13.3. The van der Waals surface area contributed by atoms with E-state index in [1.807, 2.05) is 0 Å². The van der Waals surface area contributed by atoms with E-state index in [1.165, 1.54) is 42.7 Å². The van der Waals surface area contributed by atoms with Gasteiger partial charge >= 0.3 is 0 Å². The van der Waals surface area contributed by atoms with Crippen molar-refractivity contribution in [3.8, 4) is 0 Å². The maximum atomic E-state index is 12.5. The highest BCUT2D eigenvalue weighted by atomic mass is 35.5. The number of halogens is 1. The van der Waals surface area contributed by atoms with Crippen molar-refractivity contribution in [1.29, 1.82) is 0 Å². The lowest BCUT2D eigenvalue weighted by Crippen LogP contribution is -2.37. The van der Waals surface area contributed by atoms with Crippen LogP contribution in [-0.4, -0.2) is 40.5 Å². The van der Waals surface area contributed by atoms with Gasteiger partial charge in [-0.3, -0.25) is 18.8 Å². The van der Waals surface area contributed by atoms with Crippen LogP contribution in [0.4, 0.5) is 17.1 Å². The Hall–Kier alpha value is -3.15. The molecule has 0 atom stereocenters. The molecule has 3 rings (SSSR count). The van der Waals surface area contributed by atoms with Crippen LogP contribution >= 0.6 is 11.6 Å². The molecule has 1 aromatic heterocycles. The quantitative estimate of drug-likeness (QED) is 0.481. The van der Waals surface area contributed by atoms with Gasteiger partial charge in [-0.2, -0.15) is 0 Å². The van der Waals surface area contributed by atoms with Crippen molar-refractivity contribution in [1.82, 2.24) is 4.98 Å². The minimum Gasteiger partial charge on any atom is -0.325 e. The summed E-state index contributed by atoms with van der Waals surface area (Å²) < 4.78 is 52.8. The van der Waals surface area contributed by atoms with Crippen LogP contribution in [0.25, 0.3) is 0 Å². The Bertz CT molecular complexity index is 1360. The molecule has 0 unspecified atom stereocenters. The Labute approximate surface area is 197 Å². The van der Waals surface area contributed by atoms with Crippen LogP contribution in [-0.2, 0) is 24.8 Å². The van der Waals surface area contributed by atoms with Gasteiger partial charge in [0.2, 0.25) is 15.9 Å². The SMILES string of the molecule is Cc1ccc(N(CC(=O)Nc2ccc(S(=O)(=O)Nc3cccnc3)cc2)S(C)(=O)=O)cc1Cl. The molecule has 2 aromatic carbocycles. The fourth-order valence-electron chi connectivity index (χ4n) is 2.82. The summed E-state index contributed by atoms with van der Waals surface area (Å²) in [6.07, 6.45) is 3.89. The number of benzene rings is 2. The van der Waals surface area contributed by atoms with E-state index in [2.05, 4.69) is 15.0 Å². The smallest absolute Gasteiger partial charge is 0.261 e. The second kappa shape index (κ2) is 9.77. The van der Waals surface area contributed by atoms with Crippen molar-refractivity contribution in [2.45, 2.75) is 11.8 Å². The highest BCUT2D eigenvalue weighted by Gasteiger charge is 2.22. The topological polar surface area (TPSA) is 126 Å². The van der Waals surface area contributed by atoms with Gasteiger partial charge in [-0.05, 0) is 61.0 Å². The molecule has 0 spiro atoms. The first-order valence-electron chi connectivity index (χ1n) is 9.52. The number of aromatic nitrogens is 1. The largest absolute Gasteiger partial charge is 0.325 e. The summed E-state index contributed by atoms with van der Waals surface area (Å²) >= 11 is 6.10. The van der Waals surface area contributed by atoms with Gasteiger partial charge in [0.05, 0.1) is 28.7 Å². The molecule has 0 aliphatic rings. The third-order valence-electron chi connectivity index (χ3n) is 4.49. The van der Waals surface area contributed by atoms with Crippen molar-refractivity contribution in [2.24, 2.45) is 0 Å². The number of nitrogens with one attached hydrogen (secondary N) is 2. The molecule has 0 aliphatic heterocycles. The molecule has 33 heavy (non-hydrogen) atoms. The predicted octanol–water partition coefficient (Wildman–Crippen LogP) is 3.25. The first kappa shape index (κ1) is 24.5. The summed E-state index contributed by atoms with van der Waals surface area (Å²) in [7, 11) is -7.61. The van der Waals surface area contributed by atoms with Crippen LogP contribution in [0.5, 0.6) is 0 Å². The number of aryl methyl sites for hydroxylation is 1. The fraction of sp³-hybridized carbons (Fsp3) is 0.143. The number of rotatable bonds is 8. The summed E-state index contributed by atoms with van der Waals surface area (Å²) in [4.78, 5) is 16.4. The molecule has 0 fully saturated rings. The average molecular weight is 509 g/mol. The van der Waals surface area contributed by atoms with E-state index in [9.17, 15) is 21.6 Å². The number of nitrogens with zero attached hydrogens (tertiary/aromatic N) is 2. The zero-order chi connectivity index (χ0) is 24.2. The maximum absolute atomic E-state index is 12.5. The van der Waals surface area contributed by atoms with Gasteiger partial charge in [0.1, 0.15) is 6.54 Å². The monoisotopic (exact) mass is 508 g/mol. The number of carbonyl (C=O) groups is 1. The molecular formula is C21H21ClN4O5S2. The summed E-state index contributed by atoms with van der Waals surface area (Å²) in [5.74, 6) is -0.610. The number of anilines is 3. The molecule has 3 aromatic rings. The Kier molecular flexibility index (Phi) is 7.25. The molecule has 1 heterocycles. The molecular weight excluding hydrogens is 488 g/mol. The van der Waals surface area contributed by atoms with Gasteiger partial charge in [-0.25, -0.2) is 16.8 Å². The average Bonchev–Trinajstić information content (AvgIpc) is 2.74. The van der Waals surface area contributed by atoms with E-state index in [1.54, 1.807) is 31.2 Å². The van der Waals surface area contributed by atoms with Crippen molar-refractivity contribution in [3.05, 3.63) is 77.6 Å². The predicted molar refractivity (Wildman–Crippen MR) is 128 cm³/mol. The summed E-state index contributed by atoms with van der Waals surface area (Å²) in [6.45, 7) is 1.29. The van der Waals surface area contributed by atoms with Crippen molar-refractivity contribution >= 4 is 54.6 Å². The lowest BCUT2D eigenvalue weighted by Gasteiger charge is -2.22. The molecule has 0 aliphatic carbocycles. The normalized spacial score (nSPS) is 11.6. The summed E-state index contributed by atoms with van der Waals surface area (Å²) in [5, 5.41) is 2.94. The van der Waals surface area contributed by atoms with E-state index in [4.69, 9.17) is 11.6 Å². The third kappa shape index (κ3) is 6.44. The maximum Gasteiger partial charge on any atom is 0.261 e. The van der Waals surface area contributed by atoms with Crippen LogP contribution in [0.2, 0.25) is 5.02 Å². The van der Waals surface area contributed by atoms with Gasteiger partial charge in [0.15, 0.2) is 0 Å². The van der Waals surface area contributed by atoms with Gasteiger partial charge in [0, 0.05) is 16.9 Å². The lowest BCUT2D eigenvalue weighted by atomic mass is 10.2. The first-order valence-corrected chi connectivity index (χ1v) is 13.2. The first-order chi connectivity index (χ1) is 15.5. The number of sulfonamides is 2. The molecule has 0 radical (unpaired) electrons. The Morgan fingerprint density at radius 1 is 1.03 bits per heavy atom. The van der Waals surface area contributed by atoms with E-state index < -0.39 is 32.5 Å². The molecule has 2 N–H and O–H groups in total. The molecule has 12 heteroatoms. The number of amides is 1. The van der Waals surface area contributed by atoms with Crippen LogP contribution in [0, 0.1) is 6.92 Å². The minimum atomic E-state index is -3.84. The van der Waals surface area contributed by atoms with Crippen LogP contribution in [0.3, 0.4) is 0 Å². The molecule has 9 nitrogen and oxygen atoms in total. The van der Waals surface area contributed by atoms with Gasteiger partial charge in [-0.15, -0.1) is 0 Å². The zero-order valence-electron chi connectivity index (χ0n) is 17.7. The number of pyridine rings is 1. The minimum absolute atomic E-state index is 0.0172. The Morgan fingerprint density at radius 3 is 2.30 bits per heavy atom. The van der Waals surface area contributed by atoms with Gasteiger partial charge < -0.3 is 5.32 Å². The lowest BCUT2D eigenvalue weighted by molar-refractivity contribution is -0.114. The van der Waals surface area contributed by atoms with Gasteiger partial charge in [-0.1, -0.05) is 17.7 Å². The highest BCUT2D eigenvalue weighted by Crippen LogP contribution is 2.25. The number of hydrogen-bond donors (Lipinski definition) is 2. The highest BCUT2D eigenvalue weighted by molar-refractivity contribution is 7.92. The van der Waals surface area contributed by atoms with Crippen molar-refractivity contribution in [3.63, 3.8) is 0 Å². The molecule has 174 valence electrons. The van der Waals surface area contributed by atoms with Crippen molar-refractivity contribution < 1.29 is 21.6 Å². The standard InChI is InChI=1S/C21H21ClN4O5S2/c1-15-5-8-18(12-20(15)22)26(32(2,28)29)14-21(27)24-16-6-9-19(10-7-16)33(30,31)25-17-4-3-11-23-13-17/h3-13,25H,14H2,1-2H3,(H,24,27). The van der Waals surface area contributed by atoms with E-state index in [0.717, 1.165) is 16.1 Å². The zero-order valence-corrected chi connectivity index (χ0v) is 20.1. The van der Waals surface area contributed by atoms with Crippen molar-refractivity contribution in [2.75, 3.05) is 27.1 Å². The molecule has 1 amide bonds. The van der Waals surface area contributed by atoms with Crippen LogP contribution in [0.1, 0.15) is 5.56 Å². The molecule has 0 bridgehead atoms. The van der Waals surface area contributed by atoms with Crippen LogP contribution < -0.4 is 14.3 Å². The number of carbonyl (C=O) groups excluding carboxylic acids is 1. The molecule has 0 saturated carbocycles. The van der Waals surface area contributed by atoms with E-state index in [-0.39, 0.29) is 10.6 Å². The Balaban J connectivity index is 1.72. The van der Waals surface area contributed by atoms with Crippen LogP contribution in [0.15, 0.2) is 71.9 Å². The summed E-state index contributed by atoms with van der Waals surface area (Å²) in [5.41, 5.74) is 1.64. The van der Waals surface area contributed by atoms with E-state index in [0.29, 0.717) is 16.4 Å². The van der Waals surface area contributed by atoms with E-state index >= 15 is 0 Å². The Morgan fingerprint density at radius 2 is 1.73 bits per heavy atom. The second-order valence-electron chi connectivity index (χ2n) is 7.12. The fourth-order valence-corrected chi connectivity index (χ4v) is 4.89. The third-order valence-corrected chi connectivity index (χ3v) is 7.44. The second-order valence-corrected chi connectivity index (χ2v) is 11.1. The van der Waals surface area contributed by atoms with Gasteiger partial charge in [0.25, 0.3) is 10.0 Å². The molecule has 0 saturated heterocycles.